The van der Waals surface area contributed by atoms with Crippen molar-refractivity contribution in [1.82, 2.24) is 34.0 Å². The SMILES string of the molecule is Cc1cccc(-c2nn(C(C)C)cc2-c2ccnc(-c3nc4c([nH]3)CN(S(C)(=O)=O)C4)c2)n1. The van der Waals surface area contributed by atoms with Gasteiger partial charge in [0.1, 0.15) is 11.4 Å². The summed E-state index contributed by atoms with van der Waals surface area (Å²) in [6.45, 7) is 6.72. The first kappa shape index (κ1) is 21.5. The molecule has 0 atom stereocenters. The molecule has 9 nitrogen and oxygen atoms in total. The number of aromatic amines is 1. The van der Waals surface area contributed by atoms with Crippen LogP contribution in [0.15, 0.2) is 42.7 Å². The lowest BCUT2D eigenvalue weighted by molar-refractivity contribution is 0.431. The summed E-state index contributed by atoms with van der Waals surface area (Å²) < 4.78 is 27.0. The molecule has 0 fully saturated rings. The highest BCUT2D eigenvalue weighted by atomic mass is 32.2. The van der Waals surface area contributed by atoms with Gasteiger partial charge in [-0.1, -0.05) is 6.07 Å². The number of hydrogen-bond donors (Lipinski definition) is 1. The van der Waals surface area contributed by atoms with Gasteiger partial charge in [0, 0.05) is 29.7 Å². The van der Waals surface area contributed by atoms with Crippen molar-refractivity contribution < 1.29 is 8.42 Å². The van der Waals surface area contributed by atoms with E-state index in [0.29, 0.717) is 18.1 Å². The summed E-state index contributed by atoms with van der Waals surface area (Å²) in [7, 11) is -3.26. The molecule has 33 heavy (non-hydrogen) atoms. The minimum absolute atomic E-state index is 0.203. The molecular formula is C23H25N7O2S. The minimum Gasteiger partial charge on any atom is -0.339 e. The Morgan fingerprint density at radius 2 is 1.91 bits per heavy atom. The summed E-state index contributed by atoms with van der Waals surface area (Å²) in [6, 6.07) is 10.0. The number of aryl methyl sites for hydroxylation is 1. The Morgan fingerprint density at radius 3 is 2.61 bits per heavy atom. The number of aromatic nitrogens is 6. The van der Waals surface area contributed by atoms with Crippen LogP contribution in [0.4, 0.5) is 0 Å². The van der Waals surface area contributed by atoms with Gasteiger partial charge in [0.25, 0.3) is 0 Å². The third-order valence-electron chi connectivity index (χ3n) is 5.70. The number of nitrogens with one attached hydrogen (secondary N) is 1. The van der Waals surface area contributed by atoms with Crippen LogP contribution in [-0.4, -0.2) is 48.7 Å². The lowest BCUT2D eigenvalue weighted by Crippen LogP contribution is -2.24. The first-order valence-corrected chi connectivity index (χ1v) is 12.6. The van der Waals surface area contributed by atoms with Crippen LogP contribution < -0.4 is 0 Å². The van der Waals surface area contributed by atoms with Crippen LogP contribution >= 0.6 is 0 Å². The van der Waals surface area contributed by atoms with Crippen molar-refractivity contribution in [2.75, 3.05) is 6.26 Å². The fourth-order valence-corrected chi connectivity index (χ4v) is 4.64. The van der Waals surface area contributed by atoms with Crippen LogP contribution in [-0.2, 0) is 23.1 Å². The molecule has 1 N–H and O–H groups in total. The molecule has 0 radical (unpaired) electrons. The Morgan fingerprint density at radius 1 is 1.09 bits per heavy atom. The van der Waals surface area contributed by atoms with Crippen molar-refractivity contribution in [3.63, 3.8) is 0 Å². The summed E-state index contributed by atoms with van der Waals surface area (Å²) in [6.07, 6.45) is 5.00. The van der Waals surface area contributed by atoms with Crippen LogP contribution in [0.25, 0.3) is 34.0 Å². The zero-order chi connectivity index (χ0) is 23.3. The van der Waals surface area contributed by atoms with Crippen LogP contribution in [0.5, 0.6) is 0 Å². The molecule has 5 heterocycles. The molecule has 0 unspecified atom stereocenters. The molecule has 10 heteroatoms. The molecule has 0 aliphatic carbocycles. The molecule has 4 aromatic rings. The normalized spacial score (nSPS) is 14.2. The van der Waals surface area contributed by atoms with Crippen molar-refractivity contribution in [3.05, 3.63) is 59.8 Å². The fraction of sp³-hybridized carbons (Fsp3) is 0.304. The van der Waals surface area contributed by atoms with Crippen LogP contribution in [0.2, 0.25) is 0 Å². The maximum Gasteiger partial charge on any atom is 0.211 e. The average molecular weight is 464 g/mol. The van der Waals surface area contributed by atoms with E-state index >= 15 is 0 Å². The summed E-state index contributed by atoms with van der Waals surface area (Å²) in [5, 5.41) is 4.82. The fourth-order valence-electron chi connectivity index (χ4n) is 3.92. The van der Waals surface area contributed by atoms with Crippen molar-refractivity contribution in [3.8, 4) is 34.0 Å². The van der Waals surface area contributed by atoms with Gasteiger partial charge in [-0.15, -0.1) is 0 Å². The lowest BCUT2D eigenvalue weighted by atomic mass is 10.0. The third kappa shape index (κ3) is 4.07. The van der Waals surface area contributed by atoms with Gasteiger partial charge in [0.2, 0.25) is 10.0 Å². The molecule has 0 aromatic carbocycles. The summed E-state index contributed by atoms with van der Waals surface area (Å²) in [5.41, 5.74) is 6.72. The number of fused-ring (bicyclic) bond motifs is 1. The van der Waals surface area contributed by atoms with E-state index in [1.165, 1.54) is 10.6 Å². The van der Waals surface area contributed by atoms with Crippen molar-refractivity contribution in [2.45, 2.75) is 39.9 Å². The van der Waals surface area contributed by atoms with Gasteiger partial charge in [0.15, 0.2) is 5.82 Å². The molecular weight excluding hydrogens is 438 g/mol. The van der Waals surface area contributed by atoms with E-state index in [2.05, 4.69) is 33.8 Å². The van der Waals surface area contributed by atoms with Gasteiger partial charge < -0.3 is 4.98 Å². The highest BCUT2D eigenvalue weighted by molar-refractivity contribution is 7.88. The smallest absolute Gasteiger partial charge is 0.211 e. The molecule has 0 amide bonds. The largest absolute Gasteiger partial charge is 0.339 e. The van der Waals surface area contributed by atoms with E-state index in [1.807, 2.05) is 48.1 Å². The summed E-state index contributed by atoms with van der Waals surface area (Å²) >= 11 is 0. The molecule has 0 bridgehead atoms. The van der Waals surface area contributed by atoms with Crippen molar-refractivity contribution in [2.24, 2.45) is 0 Å². The zero-order valence-electron chi connectivity index (χ0n) is 18.9. The van der Waals surface area contributed by atoms with E-state index in [0.717, 1.165) is 39.6 Å². The van der Waals surface area contributed by atoms with E-state index in [-0.39, 0.29) is 12.6 Å². The van der Waals surface area contributed by atoms with Crippen LogP contribution in [0, 0.1) is 6.92 Å². The van der Waals surface area contributed by atoms with Crippen molar-refractivity contribution >= 4 is 10.0 Å². The Bertz CT molecular complexity index is 1430. The van der Waals surface area contributed by atoms with Gasteiger partial charge in [0.05, 0.1) is 36.4 Å². The average Bonchev–Trinajstić information content (AvgIpc) is 3.46. The molecule has 1 aliphatic heterocycles. The van der Waals surface area contributed by atoms with Crippen LogP contribution in [0.3, 0.4) is 0 Å². The second kappa shape index (κ2) is 7.89. The standard InChI is InChI=1S/C23H25N7O2S/c1-14(2)30-11-17(22(28-30)18-7-5-6-15(3)25-18)16-8-9-24-19(10-16)23-26-20-12-29(33(4,31)32)13-21(20)27-23/h5-11,14H,12-13H2,1-4H3,(H,26,27). The van der Waals surface area contributed by atoms with E-state index in [9.17, 15) is 8.42 Å². The van der Waals surface area contributed by atoms with Gasteiger partial charge in [-0.3, -0.25) is 14.6 Å². The quantitative estimate of drug-likeness (QED) is 0.485. The minimum atomic E-state index is -3.26. The molecule has 0 saturated heterocycles. The number of hydrogen-bond acceptors (Lipinski definition) is 6. The molecule has 0 spiro atoms. The Hall–Kier alpha value is -3.37. The Balaban J connectivity index is 1.54. The van der Waals surface area contributed by atoms with Crippen LogP contribution in [0.1, 0.15) is 37.0 Å². The first-order chi connectivity index (χ1) is 15.7. The molecule has 0 saturated carbocycles. The maximum absolute atomic E-state index is 11.8. The number of nitrogens with zero attached hydrogens (tertiary/aromatic N) is 6. The van der Waals surface area contributed by atoms with Crippen molar-refractivity contribution in [1.29, 1.82) is 0 Å². The second-order valence-electron chi connectivity index (χ2n) is 8.60. The lowest BCUT2D eigenvalue weighted by Gasteiger charge is -2.11. The van der Waals surface area contributed by atoms with Gasteiger partial charge in [-0.05, 0) is 50.6 Å². The third-order valence-corrected chi connectivity index (χ3v) is 6.90. The predicted octanol–water partition coefficient (Wildman–Crippen LogP) is 3.56. The topological polar surface area (TPSA) is 110 Å². The van der Waals surface area contributed by atoms with E-state index in [4.69, 9.17) is 5.10 Å². The number of imidazole rings is 1. The highest BCUT2D eigenvalue weighted by Gasteiger charge is 2.29. The zero-order valence-corrected chi connectivity index (χ0v) is 19.8. The number of rotatable bonds is 5. The Kier molecular flexibility index (Phi) is 5.13. The van der Waals surface area contributed by atoms with E-state index < -0.39 is 10.0 Å². The van der Waals surface area contributed by atoms with E-state index in [1.54, 1.807) is 6.20 Å². The number of pyridine rings is 2. The molecule has 5 rings (SSSR count). The first-order valence-electron chi connectivity index (χ1n) is 10.7. The Labute approximate surface area is 192 Å². The monoisotopic (exact) mass is 463 g/mol. The van der Waals surface area contributed by atoms with Gasteiger partial charge in [-0.2, -0.15) is 9.40 Å². The molecule has 1 aliphatic rings. The second-order valence-corrected chi connectivity index (χ2v) is 10.6. The number of H-pyrrole nitrogens is 1. The summed E-state index contributed by atoms with van der Waals surface area (Å²) in [4.78, 5) is 17.1. The van der Waals surface area contributed by atoms with Gasteiger partial charge in [-0.25, -0.2) is 13.4 Å². The predicted molar refractivity (Wildman–Crippen MR) is 125 cm³/mol. The maximum atomic E-state index is 11.8. The highest BCUT2D eigenvalue weighted by Crippen LogP contribution is 2.33. The molecule has 4 aromatic heterocycles. The summed E-state index contributed by atoms with van der Waals surface area (Å²) in [5.74, 6) is 0.626. The number of sulfonamides is 1. The van der Waals surface area contributed by atoms with Gasteiger partial charge >= 0.3 is 0 Å². The molecule has 170 valence electrons.